The van der Waals surface area contributed by atoms with Gasteiger partial charge in [-0.2, -0.15) is 13.2 Å². The van der Waals surface area contributed by atoms with E-state index in [0.717, 1.165) is 23.7 Å². The van der Waals surface area contributed by atoms with Crippen molar-refractivity contribution in [3.05, 3.63) is 34.8 Å². The van der Waals surface area contributed by atoms with Crippen molar-refractivity contribution in [3.8, 4) is 10.6 Å². The topological polar surface area (TPSA) is 37.8 Å². The van der Waals surface area contributed by atoms with Crippen molar-refractivity contribution < 1.29 is 13.2 Å². The Labute approximate surface area is 112 Å². The predicted octanol–water partition coefficient (Wildman–Crippen LogP) is 3.33. The molecule has 0 aliphatic heterocycles. The Kier molecular flexibility index (Phi) is 4.16. The Morgan fingerprint density at radius 3 is 2.42 bits per heavy atom. The molecule has 0 fully saturated rings. The van der Waals surface area contributed by atoms with Crippen molar-refractivity contribution in [1.29, 1.82) is 0 Å². The van der Waals surface area contributed by atoms with E-state index in [1.165, 1.54) is 23.5 Å². The summed E-state index contributed by atoms with van der Waals surface area (Å²) in [6, 6.07) is 4.95. The number of nitrogens with zero attached hydrogens (tertiary/aromatic N) is 2. The summed E-state index contributed by atoms with van der Waals surface area (Å²) in [5.41, 5.74) is -0.0121. The molecule has 19 heavy (non-hydrogen) atoms. The molecule has 0 spiro atoms. The average molecular weight is 287 g/mol. The molecule has 102 valence electrons. The second-order valence-electron chi connectivity index (χ2n) is 3.86. The zero-order valence-corrected chi connectivity index (χ0v) is 11.0. The molecule has 0 saturated carbocycles. The number of aromatic nitrogens is 2. The monoisotopic (exact) mass is 287 g/mol. The SMILES string of the molecule is CCNCc1nnc(-c2ccc(C(F)(F)F)cc2)s1. The first-order valence-electron chi connectivity index (χ1n) is 5.71. The molecular weight excluding hydrogens is 275 g/mol. The van der Waals surface area contributed by atoms with Gasteiger partial charge in [-0.3, -0.25) is 0 Å². The molecule has 0 aliphatic carbocycles. The van der Waals surface area contributed by atoms with Crippen LogP contribution in [0, 0.1) is 0 Å². The largest absolute Gasteiger partial charge is 0.416 e. The fraction of sp³-hybridized carbons (Fsp3) is 0.333. The van der Waals surface area contributed by atoms with Crippen molar-refractivity contribution in [3.63, 3.8) is 0 Å². The summed E-state index contributed by atoms with van der Waals surface area (Å²) in [5.74, 6) is 0. The first-order chi connectivity index (χ1) is 9.00. The van der Waals surface area contributed by atoms with E-state index in [4.69, 9.17) is 0 Å². The van der Waals surface area contributed by atoms with E-state index in [-0.39, 0.29) is 0 Å². The van der Waals surface area contributed by atoms with Crippen LogP contribution in [0.4, 0.5) is 13.2 Å². The highest BCUT2D eigenvalue weighted by Gasteiger charge is 2.30. The molecule has 2 aromatic rings. The highest BCUT2D eigenvalue weighted by Crippen LogP contribution is 2.31. The number of rotatable bonds is 4. The molecule has 0 bridgehead atoms. The quantitative estimate of drug-likeness (QED) is 0.937. The third-order valence-corrected chi connectivity index (χ3v) is 3.42. The van der Waals surface area contributed by atoms with Crippen molar-refractivity contribution >= 4 is 11.3 Å². The van der Waals surface area contributed by atoms with Gasteiger partial charge in [0.15, 0.2) is 0 Å². The van der Waals surface area contributed by atoms with Crippen LogP contribution < -0.4 is 5.32 Å². The second kappa shape index (κ2) is 5.66. The van der Waals surface area contributed by atoms with Crippen LogP contribution in [-0.2, 0) is 12.7 Å². The van der Waals surface area contributed by atoms with E-state index in [0.29, 0.717) is 17.1 Å². The lowest BCUT2D eigenvalue weighted by Gasteiger charge is -2.06. The van der Waals surface area contributed by atoms with Crippen LogP contribution in [0.25, 0.3) is 10.6 Å². The summed E-state index contributed by atoms with van der Waals surface area (Å²) in [7, 11) is 0. The van der Waals surface area contributed by atoms with Crippen LogP contribution in [0.5, 0.6) is 0 Å². The maximum absolute atomic E-state index is 12.4. The van der Waals surface area contributed by atoms with Gasteiger partial charge in [-0.1, -0.05) is 30.4 Å². The number of hydrogen-bond donors (Lipinski definition) is 1. The van der Waals surface area contributed by atoms with Gasteiger partial charge in [-0.25, -0.2) is 0 Å². The van der Waals surface area contributed by atoms with E-state index < -0.39 is 11.7 Å². The molecule has 0 atom stereocenters. The first kappa shape index (κ1) is 14.0. The molecule has 0 amide bonds. The lowest BCUT2D eigenvalue weighted by atomic mass is 10.1. The summed E-state index contributed by atoms with van der Waals surface area (Å²) in [4.78, 5) is 0. The van der Waals surface area contributed by atoms with Crippen molar-refractivity contribution in [1.82, 2.24) is 15.5 Å². The van der Waals surface area contributed by atoms with Crippen LogP contribution in [0.15, 0.2) is 24.3 Å². The van der Waals surface area contributed by atoms with Gasteiger partial charge < -0.3 is 5.32 Å². The summed E-state index contributed by atoms with van der Waals surface area (Å²) < 4.78 is 37.3. The Bertz CT molecular complexity index is 534. The van der Waals surface area contributed by atoms with Crippen LogP contribution >= 0.6 is 11.3 Å². The Hall–Kier alpha value is -1.47. The molecule has 0 unspecified atom stereocenters. The molecule has 1 aromatic carbocycles. The van der Waals surface area contributed by atoms with Crippen LogP contribution in [0.3, 0.4) is 0 Å². The van der Waals surface area contributed by atoms with Gasteiger partial charge in [0.25, 0.3) is 0 Å². The molecule has 7 heteroatoms. The number of alkyl halides is 3. The minimum absolute atomic E-state index is 0.620. The van der Waals surface area contributed by atoms with Crippen molar-refractivity contribution in [2.24, 2.45) is 0 Å². The molecule has 3 nitrogen and oxygen atoms in total. The maximum atomic E-state index is 12.4. The summed E-state index contributed by atoms with van der Waals surface area (Å²) in [5, 5.41) is 12.5. The lowest BCUT2D eigenvalue weighted by molar-refractivity contribution is -0.137. The van der Waals surface area contributed by atoms with Gasteiger partial charge in [-0.05, 0) is 18.7 Å². The molecule has 0 radical (unpaired) electrons. The van der Waals surface area contributed by atoms with E-state index >= 15 is 0 Å². The standard InChI is InChI=1S/C12H12F3N3S/c1-2-16-7-10-17-18-11(19-10)8-3-5-9(6-4-8)12(13,14)15/h3-6,16H,2,7H2,1H3. The Morgan fingerprint density at radius 2 is 1.84 bits per heavy atom. The zero-order valence-electron chi connectivity index (χ0n) is 10.2. The molecule has 0 aliphatic rings. The summed E-state index contributed by atoms with van der Waals surface area (Å²) in [6.45, 7) is 3.43. The highest BCUT2D eigenvalue weighted by molar-refractivity contribution is 7.14. The number of halogens is 3. The molecule has 1 N–H and O–H groups in total. The lowest BCUT2D eigenvalue weighted by Crippen LogP contribution is -2.11. The van der Waals surface area contributed by atoms with E-state index in [1.807, 2.05) is 6.92 Å². The molecule has 1 aromatic heterocycles. The number of hydrogen-bond acceptors (Lipinski definition) is 4. The zero-order chi connectivity index (χ0) is 13.9. The maximum Gasteiger partial charge on any atom is 0.416 e. The minimum atomic E-state index is -4.31. The Balaban J connectivity index is 2.16. The van der Waals surface area contributed by atoms with E-state index in [9.17, 15) is 13.2 Å². The molecular formula is C12H12F3N3S. The van der Waals surface area contributed by atoms with Crippen LogP contribution in [0.2, 0.25) is 0 Å². The molecule has 1 heterocycles. The normalized spacial score (nSPS) is 11.8. The third-order valence-electron chi connectivity index (χ3n) is 2.45. The summed E-state index contributed by atoms with van der Waals surface area (Å²) in [6.07, 6.45) is -4.31. The van der Waals surface area contributed by atoms with Gasteiger partial charge in [0.1, 0.15) is 10.0 Å². The molecule has 2 rings (SSSR count). The van der Waals surface area contributed by atoms with Crippen LogP contribution in [0.1, 0.15) is 17.5 Å². The fourth-order valence-electron chi connectivity index (χ4n) is 1.48. The smallest absolute Gasteiger partial charge is 0.311 e. The predicted molar refractivity (Wildman–Crippen MR) is 67.7 cm³/mol. The van der Waals surface area contributed by atoms with Gasteiger partial charge in [0.2, 0.25) is 0 Å². The fourth-order valence-corrected chi connectivity index (χ4v) is 2.29. The van der Waals surface area contributed by atoms with E-state index in [1.54, 1.807) is 0 Å². The molecule has 0 saturated heterocycles. The van der Waals surface area contributed by atoms with Gasteiger partial charge in [-0.15, -0.1) is 10.2 Å². The third kappa shape index (κ3) is 3.51. The first-order valence-corrected chi connectivity index (χ1v) is 6.53. The van der Waals surface area contributed by atoms with E-state index in [2.05, 4.69) is 15.5 Å². The second-order valence-corrected chi connectivity index (χ2v) is 4.92. The Morgan fingerprint density at radius 1 is 1.16 bits per heavy atom. The highest BCUT2D eigenvalue weighted by atomic mass is 32.1. The van der Waals surface area contributed by atoms with Gasteiger partial charge in [0, 0.05) is 12.1 Å². The summed E-state index contributed by atoms with van der Waals surface area (Å²) >= 11 is 1.37. The average Bonchev–Trinajstić information content (AvgIpc) is 2.84. The van der Waals surface area contributed by atoms with Crippen molar-refractivity contribution in [2.75, 3.05) is 6.54 Å². The number of benzene rings is 1. The van der Waals surface area contributed by atoms with Crippen molar-refractivity contribution in [2.45, 2.75) is 19.6 Å². The minimum Gasteiger partial charge on any atom is -0.311 e. The van der Waals surface area contributed by atoms with Gasteiger partial charge in [0.05, 0.1) is 5.56 Å². The van der Waals surface area contributed by atoms with Gasteiger partial charge >= 0.3 is 6.18 Å². The van der Waals surface area contributed by atoms with Crippen LogP contribution in [-0.4, -0.2) is 16.7 Å². The number of nitrogens with one attached hydrogen (secondary N) is 1.